The van der Waals surface area contributed by atoms with Gasteiger partial charge in [-0.3, -0.25) is 0 Å². The Morgan fingerprint density at radius 2 is 1.25 bits per heavy atom. The molecule has 2 aliphatic heterocycles. The first-order valence-electron chi connectivity index (χ1n) is 19.3. The monoisotopic (exact) mass is 724 g/mol. The number of phenols is 2. The van der Waals surface area contributed by atoms with Crippen LogP contribution in [0.4, 0.5) is 0 Å². The van der Waals surface area contributed by atoms with E-state index in [1.807, 2.05) is 74.5 Å². The SMILES string of the molecule is CCCC(C)Cc1cc2c(O)c(c1)-c1cc(C)cc(n1)-c1cc(C)cc(n1)-c1cc(C(C)(C)C)cc(c1O)-c1ccc([nH]1)/C(c1ccccc1)=C1/C=CC2=N1. The first-order chi connectivity index (χ1) is 26.4. The lowest BCUT2D eigenvalue weighted by molar-refractivity contribution is 0.475. The van der Waals surface area contributed by atoms with Gasteiger partial charge in [0.25, 0.3) is 0 Å². The van der Waals surface area contributed by atoms with E-state index in [1.54, 1.807) is 0 Å². The third-order valence-electron chi connectivity index (χ3n) is 10.7. The smallest absolute Gasteiger partial charge is 0.134 e. The summed E-state index contributed by atoms with van der Waals surface area (Å²) in [5.74, 6) is 0.773. The van der Waals surface area contributed by atoms with Gasteiger partial charge < -0.3 is 15.2 Å². The second kappa shape index (κ2) is 14.0. The van der Waals surface area contributed by atoms with Crippen molar-refractivity contribution in [2.45, 2.75) is 73.1 Å². The van der Waals surface area contributed by atoms with Crippen molar-refractivity contribution in [3.63, 3.8) is 0 Å². The van der Waals surface area contributed by atoms with E-state index in [9.17, 15) is 10.2 Å². The van der Waals surface area contributed by atoms with Crippen LogP contribution in [0, 0.1) is 19.8 Å². The summed E-state index contributed by atoms with van der Waals surface area (Å²) >= 11 is 0. The van der Waals surface area contributed by atoms with Crippen LogP contribution in [0.15, 0.2) is 114 Å². The Labute approximate surface area is 324 Å². The van der Waals surface area contributed by atoms with E-state index in [0.717, 1.165) is 69.7 Å². The number of nitrogens with one attached hydrogen (secondary N) is 1. The normalized spacial score (nSPS) is 15.3. The third kappa shape index (κ3) is 6.93. The summed E-state index contributed by atoms with van der Waals surface area (Å²) < 4.78 is 0. The number of hydrogen-bond donors (Lipinski definition) is 3. The number of aromatic amines is 1. The standard InChI is InChI=1S/C49H48N4O2/c1-8-12-28(2)19-31-24-34-38-15-17-40(50-38)46(32-13-10-9-11-14-32)41-18-16-39(51-41)36-26-33(49(5,6)7)27-37(48(36)55)43-21-30(4)23-45(53-43)44-22-29(3)20-42(52-44)35(25-31)47(34)54/h9-11,13-18,20-28,51,54-55H,8,12,19H2,1-7H3/b46-40-. The molecule has 1 atom stereocenters. The van der Waals surface area contributed by atoms with E-state index in [0.29, 0.717) is 56.7 Å². The van der Waals surface area contributed by atoms with E-state index in [2.05, 4.69) is 82.1 Å². The molecule has 6 nitrogen and oxygen atoms in total. The van der Waals surface area contributed by atoms with Gasteiger partial charge in [-0.15, -0.1) is 0 Å². The molecule has 0 aliphatic carbocycles. The van der Waals surface area contributed by atoms with Crippen LogP contribution in [-0.4, -0.2) is 30.9 Å². The third-order valence-corrected chi connectivity index (χ3v) is 10.7. The molecule has 0 saturated carbocycles. The maximum atomic E-state index is 12.2. The second-order valence-electron chi connectivity index (χ2n) is 16.4. The number of allylic oxidation sites excluding steroid dienone is 2. The van der Waals surface area contributed by atoms with E-state index >= 15 is 0 Å². The molecule has 12 bridgehead atoms. The summed E-state index contributed by atoms with van der Waals surface area (Å²) in [6.07, 6.45) is 7.12. The Morgan fingerprint density at radius 3 is 1.91 bits per heavy atom. The Bertz CT molecular complexity index is 2560. The minimum Gasteiger partial charge on any atom is -0.507 e. The predicted molar refractivity (Wildman–Crippen MR) is 226 cm³/mol. The predicted octanol–water partition coefficient (Wildman–Crippen LogP) is 11.9. The van der Waals surface area contributed by atoms with Gasteiger partial charge in [0.15, 0.2) is 0 Å². The molecule has 0 radical (unpaired) electrons. The average molecular weight is 725 g/mol. The number of hydrogen-bond acceptors (Lipinski definition) is 5. The van der Waals surface area contributed by atoms with Gasteiger partial charge in [0.05, 0.1) is 34.2 Å². The van der Waals surface area contributed by atoms with Crippen LogP contribution in [0.25, 0.3) is 50.7 Å². The van der Waals surface area contributed by atoms with Gasteiger partial charge in [-0.25, -0.2) is 15.0 Å². The average Bonchev–Trinajstić information content (AvgIpc) is 3.83. The number of aryl methyl sites for hydroxylation is 2. The Balaban J connectivity index is 1.47. The van der Waals surface area contributed by atoms with Crippen molar-refractivity contribution in [1.82, 2.24) is 15.0 Å². The number of aromatic nitrogens is 3. The van der Waals surface area contributed by atoms with Gasteiger partial charge in [0.1, 0.15) is 11.5 Å². The fourth-order valence-electron chi connectivity index (χ4n) is 7.94. The molecule has 0 saturated heterocycles. The van der Waals surface area contributed by atoms with Gasteiger partial charge >= 0.3 is 0 Å². The number of fused-ring (bicyclic) bond motifs is 16. The van der Waals surface area contributed by atoms with Gasteiger partial charge in [-0.1, -0.05) is 77.8 Å². The molecular weight excluding hydrogens is 677 g/mol. The first-order valence-corrected chi connectivity index (χ1v) is 19.3. The molecule has 3 aromatic carbocycles. The molecule has 0 spiro atoms. The summed E-state index contributed by atoms with van der Waals surface area (Å²) in [4.78, 5) is 19.3. The number of rotatable bonds is 5. The topological polar surface area (TPSA) is 94.4 Å². The molecule has 276 valence electrons. The highest BCUT2D eigenvalue weighted by Crippen LogP contribution is 2.44. The van der Waals surface area contributed by atoms with E-state index in [1.165, 1.54) is 0 Å². The van der Waals surface area contributed by atoms with Crippen LogP contribution < -0.4 is 0 Å². The van der Waals surface area contributed by atoms with Crippen molar-refractivity contribution in [1.29, 1.82) is 0 Å². The molecule has 6 aromatic rings. The molecule has 55 heavy (non-hydrogen) atoms. The van der Waals surface area contributed by atoms with Crippen LogP contribution in [-0.2, 0) is 11.8 Å². The summed E-state index contributed by atoms with van der Waals surface area (Å²) in [6.45, 7) is 15.2. The lowest BCUT2D eigenvalue weighted by Crippen LogP contribution is -2.11. The molecule has 0 fully saturated rings. The van der Waals surface area contributed by atoms with Crippen molar-refractivity contribution in [3.8, 4) is 56.7 Å². The quantitative estimate of drug-likeness (QED) is 0.165. The number of aromatic hydroxyl groups is 2. The highest BCUT2D eigenvalue weighted by molar-refractivity contribution is 6.15. The number of pyridine rings is 2. The van der Waals surface area contributed by atoms with Crippen molar-refractivity contribution >= 4 is 11.3 Å². The van der Waals surface area contributed by atoms with E-state index < -0.39 is 0 Å². The van der Waals surface area contributed by atoms with Crippen molar-refractivity contribution in [2.75, 3.05) is 0 Å². The maximum Gasteiger partial charge on any atom is 0.134 e. The van der Waals surface area contributed by atoms with Crippen LogP contribution in [0.3, 0.4) is 0 Å². The Morgan fingerprint density at radius 1 is 0.673 bits per heavy atom. The largest absolute Gasteiger partial charge is 0.507 e. The van der Waals surface area contributed by atoms with Crippen LogP contribution in [0.2, 0.25) is 0 Å². The summed E-state index contributed by atoms with van der Waals surface area (Å²) in [5, 5.41) is 24.4. The Hall–Kier alpha value is -6.01. The molecule has 0 amide bonds. The molecule has 1 unspecified atom stereocenters. The van der Waals surface area contributed by atoms with Gasteiger partial charge in [0.2, 0.25) is 0 Å². The molecule has 6 heteroatoms. The minimum atomic E-state index is -0.207. The number of aliphatic imine (C=N–C) groups is 1. The number of phenolic OH excluding ortho intramolecular Hbond substituents is 2. The molecule has 3 N–H and O–H groups in total. The zero-order chi connectivity index (χ0) is 38.6. The van der Waals surface area contributed by atoms with Crippen LogP contribution in [0.5, 0.6) is 11.5 Å². The number of benzene rings is 3. The minimum absolute atomic E-state index is 0.149. The lowest BCUT2D eigenvalue weighted by atomic mass is 9.83. The zero-order valence-electron chi connectivity index (χ0n) is 32.7. The van der Waals surface area contributed by atoms with E-state index in [4.69, 9.17) is 15.0 Å². The van der Waals surface area contributed by atoms with Crippen LogP contribution >= 0.6 is 0 Å². The summed E-state index contributed by atoms with van der Waals surface area (Å²) in [6, 6.07) is 30.8. The number of nitrogens with zero attached hydrogens (tertiary/aromatic N) is 3. The van der Waals surface area contributed by atoms with Gasteiger partial charge in [0, 0.05) is 39.2 Å². The summed E-state index contributed by atoms with van der Waals surface area (Å²) in [7, 11) is 0. The molecule has 8 rings (SSSR count). The van der Waals surface area contributed by atoms with Crippen molar-refractivity contribution in [3.05, 3.63) is 148 Å². The van der Waals surface area contributed by atoms with Gasteiger partial charge in [-0.2, -0.15) is 0 Å². The molecule has 5 heterocycles. The highest BCUT2D eigenvalue weighted by atomic mass is 16.3. The second-order valence-corrected chi connectivity index (χ2v) is 16.4. The van der Waals surface area contributed by atoms with Gasteiger partial charge in [-0.05, 0) is 132 Å². The fourth-order valence-corrected chi connectivity index (χ4v) is 7.94. The highest BCUT2D eigenvalue weighted by Gasteiger charge is 2.25. The molecule has 2 aliphatic rings. The first kappa shape index (κ1) is 36.0. The maximum absolute atomic E-state index is 12.2. The van der Waals surface area contributed by atoms with Crippen molar-refractivity contribution < 1.29 is 10.2 Å². The summed E-state index contributed by atoms with van der Waals surface area (Å²) in [5.41, 5.74) is 14.4. The molecule has 3 aromatic heterocycles. The van der Waals surface area contributed by atoms with Crippen LogP contribution in [0.1, 0.15) is 86.5 Å². The Kier molecular flexibility index (Phi) is 9.16. The lowest BCUT2D eigenvalue weighted by Gasteiger charge is -2.22. The number of H-pyrrole nitrogens is 1. The molecular formula is C49H48N4O2. The van der Waals surface area contributed by atoms with E-state index in [-0.39, 0.29) is 16.9 Å². The fraction of sp³-hybridized carbons (Fsp3) is 0.245. The van der Waals surface area contributed by atoms with Crippen molar-refractivity contribution in [2.24, 2.45) is 10.9 Å². The zero-order valence-corrected chi connectivity index (χ0v) is 32.7.